The molecule has 2 amide bonds. The zero-order valence-electron chi connectivity index (χ0n) is 10.6. The van der Waals surface area contributed by atoms with Gasteiger partial charge in [0.25, 0.3) is 0 Å². The average molecular weight is 248 g/mol. The van der Waals surface area contributed by atoms with Crippen LogP contribution >= 0.6 is 0 Å². The minimum absolute atomic E-state index is 0.0181. The summed E-state index contributed by atoms with van der Waals surface area (Å²) in [4.78, 5) is 11.7. The first-order valence-electron chi connectivity index (χ1n) is 6.35. The van der Waals surface area contributed by atoms with Crippen molar-refractivity contribution in [3.05, 3.63) is 35.9 Å². The summed E-state index contributed by atoms with van der Waals surface area (Å²) >= 11 is 0. The summed E-state index contributed by atoms with van der Waals surface area (Å²) in [5.41, 5.74) is 1.03. The van der Waals surface area contributed by atoms with Gasteiger partial charge in [-0.3, -0.25) is 0 Å². The number of benzene rings is 1. The van der Waals surface area contributed by atoms with Crippen LogP contribution in [0.25, 0.3) is 0 Å². The van der Waals surface area contributed by atoms with Gasteiger partial charge in [0.2, 0.25) is 0 Å². The molecule has 0 aromatic heterocycles. The fourth-order valence-corrected chi connectivity index (χ4v) is 1.91. The first-order chi connectivity index (χ1) is 8.65. The second-order valence-corrected chi connectivity index (χ2v) is 5.12. The third-order valence-corrected chi connectivity index (χ3v) is 3.56. The van der Waals surface area contributed by atoms with E-state index in [1.807, 2.05) is 37.3 Å². The maximum atomic E-state index is 11.7. The lowest BCUT2D eigenvalue weighted by Crippen LogP contribution is -2.40. The van der Waals surface area contributed by atoms with Crippen LogP contribution in [0.5, 0.6) is 0 Å². The zero-order valence-corrected chi connectivity index (χ0v) is 10.6. The average Bonchev–Trinajstić information content (AvgIpc) is 3.18. The molecule has 4 heteroatoms. The number of rotatable bonds is 5. The number of aliphatic hydroxyl groups excluding tert-OH is 1. The molecule has 0 bridgehead atoms. The predicted molar refractivity (Wildman–Crippen MR) is 70.1 cm³/mol. The minimum atomic E-state index is -0.175. The van der Waals surface area contributed by atoms with Crippen LogP contribution < -0.4 is 10.6 Å². The molecular weight excluding hydrogens is 228 g/mol. The highest BCUT2D eigenvalue weighted by atomic mass is 16.3. The van der Waals surface area contributed by atoms with E-state index < -0.39 is 0 Å². The van der Waals surface area contributed by atoms with E-state index in [2.05, 4.69) is 10.6 Å². The number of carbonyl (C=O) groups is 1. The van der Waals surface area contributed by atoms with Crippen LogP contribution in [0.15, 0.2) is 30.3 Å². The Morgan fingerprint density at radius 1 is 1.39 bits per heavy atom. The van der Waals surface area contributed by atoms with Crippen LogP contribution in [0.2, 0.25) is 0 Å². The number of amides is 2. The van der Waals surface area contributed by atoms with Crippen LogP contribution in [-0.2, 0) is 0 Å². The molecule has 0 aliphatic heterocycles. The van der Waals surface area contributed by atoms with Crippen molar-refractivity contribution in [2.75, 3.05) is 13.2 Å². The van der Waals surface area contributed by atoms with Crippen molar-refractivity contribution in [3.63, 3.8) is 0 Å². The SMILES string of the molecule is CC(NC(=O)NCC1(CO)CC1)c1ccccc1. The molecule has 1 aliphatic rings. The zero-order chi connectivity index (χ0) is 13.0. The van der Waals surface area contributed by atoms with Gasteiger partial charge < -0.3 is 15.7 Å². The molecule has 0 heterocycles. The van der Waals surface area contributed by atoms with E-state index in [1.165, 1.54) is 0 Å². The monoisotopic (exact) mass is 248 g/mol. The Morgan fingerprint density at radius 3 is 2.61 bits per heavy atom. The van der Waals surface area contributed by atoms with Gasteiger partial charge in [-0.05, 0) is 25.3 Å². The van der Waals surface area contributed by atoms with E-state index in [-0.39, 0.29) is 24.1 Å². The number of aliphatic hydroxyl groups is 1. The fourth-order valence-electron chi connectivity index (χ4n) is 1.91. The number of urea groups is 1. The van der Waals surface area contributed by atoms with Crippen molar-refractivity contribution in [1.29, 1.82) is 0 Å². The van der Waals surface area contributed by atoms with E-state index in [9.17, 15) is 4.79 Å². The molecule has 3 N–H and O–H groups in total. The highest BCUT2D eigenvalue weighted by Crippen LogP contribution is 2.44. The largest absolute Gasteiger partial charge is 0.396 e. The lowest BCUT2D eigenvalue weighted by molar-refractivity contribution is 0.202. The first-order valence-corrected chi connectivity index (χ1v) is 6.35. The summed E-state index contributed by atoms with van der Waals surface area (Å²) in [6, 6.07) is 9.64. The Labute approximate surface area is 107 Å². The van der Waals surface area contributed by atoms with Crippen molar-refractivity contribution in [2.45, 2.75) is 25.8 Å². The highest BCUT2D eigenvalue weighted by Gasteiger charge is 2.42. The molecule has 98 valence electrons. The maximum Gasteiger partial charge on any atom is 0.315 e. The highest BCUT2D eigenvalue weighted by molar-refractivity contribution is 5.74. The van der Waals surface area contributed by atoms with Gasteiger partial charge in [0.1, 0.15) is 0 Å². The molecule has 0 spiro atoms. The van der Waals surface area contributed by atoms with Crippen molar-refractivity contribution >= 4 is 6.03 Å². The lowest BCUT2D eigenvalue weighted by atomic mass is 10.1. The molecule has 1 aromatic carbocycles. The van der Waals surface area contributed by atoms with Crippen LogP contribution in [0.4, 0.5) is 4.79 Å². The third kappa shape index (κ3) is 3.23. The lowest BCUT2D eigenvalue weighted by Gasteiger charge is -2.17. The summed E-state index contributed by atoms with van der Waals surface area (Å²) in [6.45, 7) is 2.66. The second-order valence-electron chi connectivity index (χ2n) is 5.12. The Morgan fingerprint density at radius 2 is 2.06 bits per heavy atom. The van der Waals surface area contributed by atoms with Gasteiger partial charge in [0, 0.05) is 12.0 Å². The number of hydrogen-bond acceptors (Lipinski definition) is 2. The van der Waals surface area contributed by atoms with Crippen LogP contribution in [0, 0.1) is 5.41 Å². The smallest absolute Gasteiger partial charge is 0.315 e. The number of nitrogens with one attached hydrogen (secondary N) is 2. The van der Waals surface area contributed by atoms with Crippen molar-refractivity contribution in [3.8, 4) is 0 Å². The Bertz CT molecular complexity index is 402. The van der Waals surface area contributed by atoms with Gasteiger partial charge in [-0.15, -0.1) is 0 Å². The molecule has 1 aromatic rings. The fraction of sp³-hybridized carbons (Fsp3) is 0.500. The van der Waals surface area contributed by atoms with Gasteiger partial charge in [0.05, 0.1) is 12.6 Å². The second kappa shape index (κ2) is 5.40. The molecule has 0 radical (unpaired) electrons. The summed E-state index contributed by atoms with van der Waals surface area (Å²) in [5, 5.41) is 14.9. The van der Waals surface area contributed by atoms with Crippen molar-refractivity contribution in [1.82, 2.24) is 10.6 Å². The molecule has 1 aliphatic carbocycles. The van der Waals surface area contributed by atoms with Gasteiger partial charge in [-0.1, -0.05) is 30.3 Å². The van der Waals surface area contributed by atoms with E-state index in [0.717, 1.165) is 18.4 Å². The first kappa shape index (κ1) is 12.9. The summed E-state index contributed by atoms with van der Waals surface area (Å²) in [5.74, 6) is 0. The van der Waals surface area contributed by atoms with Crippen LogP contribution in [0.1, 0.15) is 31.4 Å². The van der Waals surface area contributed by atoms with Gasteiger partial charge in [-0.25, -0.2) is 4.79 Å². The molecular formula is C14H20N2O2. The number of hydrogen-bond donors (Lipinski definition) is 3. The topological polar surface area (TPSA) is 61.4 Å². The summed E-state index contributed by atoms with van der Waals surface area (Å²) in [7, 11) is 0. The van der Waals surface area contributed by atoms with E-state index in [4.69, 9.17) is 5.11 Å². The maximum absolute atomic E-state index is 11.7. The minimum Gasteiger partial charge on any atom is -0.396 e. The third-order valence-electron chi connectivity index (χ3n) is 3.56. The number of carbonyl (C=O) groups excluding carboxylic acids is 1. The molecule has 0 saturated heterocycles. The predicted octanol–water partition coefficient (Wildman–Crippen LogP) is 1.82. The van der Waals surface area contributed by atoms with Gasteiger partial charge in [0.15, 0.2) is 0 Å². The van der Waals surface area contributed by atoms with Crippen molar-refractivity contribution < 1.29 is 9.90 Å². The normalized spacial score (nSPS) is 17.9. The van der Waals surface area contributed by atoms with E-state index in [0.29, 0.717) is 6.54 Å². The van der Waals surface area contributed by atoms with E-state index in [1.54, 1.807) is 0 Å². The van der Waals surface area contributed by atoms with Gasteiger partial charge >= 0.3 is 6.03 Å². The van der Waals surface area contributed by atoms with Crippen LogP contribution in [-0.4, -0.2) is 24.3 Å². The van der Waals surface area contributed by atoms with Crippen LogP contribution in [0.3, 0.4) is 0 Å². The Hall–Kier alpha value is -1.55. The summed E-state index contributed by atoms with van der Waals surface area (Å²) in [6.07, 6.45) is 2.00. The quantitative estimate of drug-likeness (QED) is 0.744. The molecule has 2 rings (SSSR count). The molecule has 1 fully saturated rings. The van der Waals surface area contributed by atoms with Crippen molar-refractivity contribution in [2.24, 2.45) is 5.41 Å². The molecule has 1 unspecified atom stereocenters. The van der Waals surface area contributed by atoms with E-state index >= 15 is 0 Å². The molecule has 4 nitrogen and oxygen atoms in total. The molecule has 18 heavy (non-hydrogen) atoms. The molecule has 1 atom stereocenters. The Balaban J connectivity index is 1.77. The Kier molecular flexibility index (Phi) is 3.87. The van der Waals surface area contributed by atoms with Gasteiger partial charge in [-0.2, -0.15) is 0 Å². The standard InChI is InChI=1S/C14H20N2O2/c1-11(12-5-3-2-4-6-12)16-13(18)15-9-14(10-17)7-8-14/h2-6,11,17H,7-10H2,1H3,(H2,15,16,18). The summed E-state index contributed by atoms with van der Waals surface area (Å²) < 4.78 is 0. The molecule has 1 saturated carbocycles.